The van der Waals surface area contributed by atoms with Crippen LogP contribution in [-0.2, 0) is 14.4 Å². The first kappa shape index (κ1) is 25.1. The number of thioether (sulfide) groups is 1. The van der Waals surface area contributed by atoms with Crippen LogP contribution in [-0.4, -0.2) is 34.6 Å². The first-order valence-corrected chi connectivity index (χ1v) is 14.0. The van der Waals surface area contributed by atoms with Crippen LogP contribution >= 0.6 is 23.1 Å². The predicted octanol–water partition coefficient (Wildman–Crippen LogP) is 4.56. The molecule has 39 heavy (non-hydrogen) atoms. The number of imide groups is 1. The van der Waals surface area contributed by atoms with E-state index in [2.05, 4.69) is 10.3 Å². The number of carbonyl (C=O) groups excluding carboxylic acids is 3. The van der Waals surface area contributed by atoms with Gasteiger partial charge in [0, 0.05) is 16.5 Å². The van der Waals surface area contributed by atoms with Crippen LogP contribution < -0.4 is 19.8 Å². The molecule has 2 unspecified atom stereocenters. The van der Waals surface area contributed by atoms with Crippen LogP contribution in [0.2, 0.25) is 0 Å². The molecule has 1 saturated heterocycles. The van der Waals surface area contributed by atoms with E-state index < -0.39 is 17.1 Å². The Labute approximate surface area is 232 Å². The molecule has 6 rings (SSSR count). The number of hydrogen-bond acceptors (Lipinski definition) is 7. The molecule has 1 aromatic heterocycles. The fourth-order valence-electron chi connectivity index (χ4n) is 5.03. The molecule has 3 atom stereocenters. The standard InChI is InChI=1S/C29H23N3O5S2/c1-16-7-5-6-10-20(16)30-21(33)15-37-19-13-11-17(12-14-19)22-23-25(38-26-24(22)39-29(36)31-26)28(35)32(27(23)34)18-8-3-2-4-9-18/h2-14,22-23,25H,15H2,1H3,(H,30,33)(H,31,36)/t22-,23?,25?/m1/s1. The number of nitrogens with one attached hydrogen (secondary N) is 2. The Morgan fingerprint density at radius 1 is 0.949 bits per heavy atom. The van der Waals surface area contributed by atoms with E-state index in [1.807, 2.05) is 49.4 Å². The Balaban J connectivity index is 1.24. The van der Waals surface area contributed by atoms with Gasteiger partial charge in [-0.2, -0.15) is 0 Å². The lowest BCUT2D eigenvalue weighted by atomic mass is 9.83. The number of thiazole rings is 1. The van der Waals surface area contributed by atoms with Crippen LogP contribution in [0, 0.1) is 12.8 Å². The van der Waals surface area contributed by atoms with Crippen LogP contribution in [0.25, 0.3) is 0 Å². The zero-order chi connectivity index (χ0) is 27.1. The highest BCUT2D eigenvalue weighted by Gasteiger charge is 2.56. The molecule has 3 heterocycles. The number of fused-ring (bicyclic) bond motifs is 2. The number of amides is 3. The molecule has 2 aliphatic rings. The minimum absolute atomic E-state index is 0.166. The number of nitrogens with zero attached hydrogens (tertiary/aromatic N) is 1. The number of aryl methyl sites for hydroxylation is 1. The van der Waals surface area contributed by atoms with Crippen LogP contribution in [0.4, 0.5) is 11.4 Å². The number of ether oxygens (including phenoxy) is 1. The maximum absolute atomic E-state index is 13.7. The van der Waals surface area contributed by atoms with Crippen molar-refractivity contribution in [3.63, 3.8) is 0 Å². The van der Waals surface area contributed by atoms with Gasteiger partial charge >= 0.3 is 4.87 Å². The summed E-state index contributed by atoms with van der Waals surface area (Å²) >= 11 is 2.31. The summed E-state index contributed by atoms with van der Waals surface area (Å²) in [5.41, 5.74) is 3.00. The van der Waals surface area contributed by atoms with E-state index in [9.17, 15) is 19.2 Å². The maximum atomic E-state index is 13.7. The van der Waals surface area contributed by atoms with E-state index in [1.54, 1.807) is 36.4 Å². The van der Waals surface area contributed by atoms with Gasteiger partial charge in [-0.15, -0.1) is 0 Å². The van der Waals surface area contributed by atoms with Crippen molar-refractivity contribution in [2.24, 2.45) is 5.92 Å². The van der Waals surface area contributed by atoms with Crippen molar-refractivity contribution in [2.75, 3.05) is 16.8 Å². The van der Waals surface area contributed by atoms with Gasteiger partial charge in [-0.3, -0.25) is 19.2 Å². The lowest BCUT2D eigenvalue weighted by molar-refractivity contribution is -0.122. The topological polar surface area (TPSA) is 109 Å². The fourth-order valence-corrected chi connectivity index (χ4v) is 7.54. The van der Waals surface area contributed by atoms with Gasteiger partial charge in [0.05, 0.1) is 16.6 Å². The molecule has 3 amide bonds. The highest BCUT2D eigenvalue weighted by atomic mass is 32.2. The Morgan fingerprint density at radius 3 is 2.41 bits per heavy atom. The van der Waals surface area contributed by atoms with Crippen LogP contribution in [0.3, 0.4) is 0 Å². The lowest BCUT2D eigenvalue weighted by Gasteiger charge is -2.29. The average Bonchev–Trinajstić information content (AvgIpc) is 3.43. The largest absolute Gasteiger partial charge is 0.484 e. The summed E-state index contributed by atoms with van der Waals surface area (Å²) in [6.45, 7) is 1.75. The molecule has 2 aliphatic heterocycles. The monoisotopic (exact) mass is 557 g/mol. The third-order valence-corrected chi connectivity index (χ3v) is 9.27. The summed E-state index contributed by atoms with van der Waals surface area (Å²) in [7, 11) is 0. The number of para-hydroxylation sites is 2. The van der Waals surface area contributed by atoms with Crippen molar-refractivity contribution in [3.8, 4) is 5.75 Å². The summed E-state index contributed by atoms with van der Waals surface area (Å²) in [4.78, 5) is 56.4. The van der Waals surface area contributed by atoms with Crippen molar-refractivity contribution < 1.29 is 19.1 Å². The summed E-state index contributed by atoms with van der Waals surface area (Å²) in [5, 5.41) is 2.81. The van der Waals surface area contributed by atoms with Gasteiger partial charge in [0.1, 0.15) is 11.0 Å². The number of rotatable bonds is 6. The average molecular weight is 558 g/mol. The molecule has 2 N–H and O–H groups in total. The molecule has 196 valence electrons. The number of H-pyrrole nitrogens is 1. The van der Waals surface area contributed by atoms with Gasteiger partial charge in [0.2, 0.25) is 11.8 Å². The van der Waals surface area contributed by atoms with Crippen LogP contribution in [0.1, 0.15) is 21.9 Å². The molecule has 0 spiro atoms. The molecular weight excluding hydrogens is 534 g/mol. The maximum Gasteiger partial charge on any atom is 0.305 e. The molecule has 0 bridgehead atoms. The number of hydrogen-bond donors (Lipinski definition) is 2. The SMILES string of the molecule is Cc1ccccc1NC(=O)COc1ccc([C@H]2c3sc(=O)[nH]c3SC3C(=O)N(c4ccccc4)C(=O)C32)cc1. The normalized spacial score (nSPS) is 19.9. The van der Waals surface area contributed by atoms with Crippen molar-refractivity contribution in [1.82, 2.24) is 4.98 Å². The minimum atomic E-state index is -0.659. The second-order valence-corrected chi connectivity index (χ2v) is 11.5. The highest BCUT2D eigenvalue weighted by molar-refractivity contribution is 8.00. The van der Waals surface area contributed by atoms with E-state index in [0.29, 0.717) is 16.5 Å². The molecule has 1 fully saturated rings. The van der Waals surface area contributed by atoms with Crippen molar-refractivity contribution in [1.29, 1.82) is 0 Å². The fraction of sp³-hybridized carbons (Fsp3) is 0.172. The summed E-state index contributed by atoms with van der Waals surface area (Å²) in [5.74, 6) is -1.50. The number of aromatic amines is 1. The molecule has 4 aromatic rings. The molecule has 0 aliphatic carbocycles. The molecule has 3 aromatic carbocycles. The number of carbonyl (C=O) groups is 3. The minimum Gasteiger partial charge on any atom is -0.484 e. The second-order valence-electron chi connectivity index (χ2n) is 9.32. The first-order chi connectivity index (χ1) is 18.9. The zero-order valence-corrected chi connectivity index (χ0v) is 22.4. The van der Waals surface area contributed by atoms with E-state index in [1.165, 1.54) is 16.7 Å². The molecule has 0 radical (unpaired) electrons. The predicted molar refractivity (Wildman–Crippen MR) is 151 cm³/mol. The van der Waals surface area contributed by atoms with E-state index >= 15 is 0 Å². The third kappa shape index (κ3) is 4.66. The Hall–Kier alpha value is -4.15. The van der Waals surface area contributed by atoms with Gasteiger partial charge in [-0.25, -0.2) is 4.90 Å². The molecular formula is C29H23N3O5S2. The van der Waals surface area contributed by atoms with Crippen LogP contribution in [0.5, 0.6) is 5.75 Å². The van der Waals surface area contributed by atoms with Crippen molar-refractivity contribution in [2.45, 2.75) is 23.1 Å². The van der Waals surface area contributed by atoms with Gasteiger partial charge in [-0.05, 0) is 48.4 Å². The van der Waals surface area contributed by atoms with E-state index in [-0.39, 0.29) is 29.2 Å². The van der Waals surface area contributed by atoms with Gasteiger partial charge < -0.3 is 15.0 Å². The second kappa shape index (κ2) is 10.2. The van der Waals surface area contributed by atoms with Gasteiger partial charge in [0.25, 0.3) is 5.91 Å². The van der Waals surface area contributed by atoms with Gasteiger partial charge in [-0.1, -0.05) is 71.6 Å². The molecule has 8 nitrogen and oxygen atoms in total. The van der Waals surface area contributed by atoms with E-state index in [4.69, 9.17) is 4.74 Å². The van der Waals surface area contributed by atoms with Crippen molar-refractivity contribution in [3.05, 3.63) is 105 Å². The quantitative estimate of drug-likeness (QED) is 0.337. The summed E-state index contributed by atoms with van der Waals surface area (Å²) in [6.07, 6.45) is 0. The molecule has 10 heteroatoms. The highest BCUT2D eigenvalue weighted by Crippen LogP contribution is 2.53. The number of anilines is 2. The molecule has 0 saturated carbocycles. The Morgan fingerprint density at radius 2 is 1.67 bits per heavy atom. The Kier molecular flexibility index (Phi) is 6.58. The number of benzene rings is 3. The summed E-state index contributed by atoms with van der Waals surface area (Å²) in [6, 6.07) is 23.5. The van der Waals surface area contributed by atoms with Gasteiger partial charge in [0.15, 0.2) is 6.61 Å². The Bertz CT molecular complexity index is 1630. The zero-order valence-electron chi connectivity index (χ0n) is 20.7. The number of aromatic nitrogens is 1. The van der Waals surface area contributed by atoms with Crippen LogP contribution in [0.15, 0.2) is 88.7 Å². The van der Waals surface area contributed by atoms with E-state index in [0.717, 1.165) is 33.0 Å². The third-order valence-electron chi connectivity index (χ3n) is 6.87. The summed E-state index contributed by atoms with van der Waals surface area (Å²) < 4.78 is 5.70. The first-order valence-electron chi connectivity index (χ1n) is 12.3. The van der Waals surface area contributed by atoms with Crippen molar-refractivity contribution >= 4 is 52.2 Å². The lowest BCUT2D eigenvalue weighted by Crippen LogP contribution is -2.32. The smallest absolute Gasteiger partial charge is 0.305 e.